The molecule has 6 atom stereocenters. The summed E-state index contributed by atoms with van der Waals surface area (Å²) in [5.74, 6) is 0.367. The Morgan fingerprint density at radius 1 is 1.15 bits per heavy atom. The van der Waals surface area contributed by atoms with Gasteiger partial charge in [-0.2, -0.15) is 0 Å². The number of phenols is 1. The lowest BCUT2D eigenvalue weighted by atomic mass is 9.59. The van der Waals surface area contributed by atoms with Crippen LogP contribution >= 0.6 is 0 Å². The zero-order valence-electron chi connectivity index (χ0n) is 19.9. The van der Waals surface area contributed by atoms with Crippen molar-refractivity contribution in [3.8, 4) is 11.5 Å². The van der Waals surface area contributed by atoms with Crippen LogP contribution in [0.1, 0.15) is 52.0 Å². The minimum atomic E-state index is -0.797. The molecule has 2 aromatic rings. The van der Waals surface area contributed by atoms with Gasteiger partial charge in [-0.25, -0.2) is 4.79 Å². The summed E-state index contributed by atoms with van der Waals surface area (Å²) in [4.78, 5) is 13.3. The number of fused-ring (bicyclic) bond motifs is 4. The van der Waals surface area contributed by atoms with Crippen LogP contribution in [0, 0.1) is 16.7 Å². The van der Waals surface area contributed by atoms with E-state index >= 15 is 0 Å². The molecule has 1 fully saturated rings. The van der Waals surface area contributed by atoms with Crippen LogP contribution in [0.3, 0.4) is 0 Å². The van der Waals surface area contributed by atoms with Crippen LogP contribution in [0.25, 0.3) is 11.0 Å². The smallest absolute Gasteiger partial charge is 0.343 e. The van der Waals surface area contributed by atoms with Crippen LogP contribution in [0.5, 0.6) is 11.5 Å². The molecule has 33 heavy (non-hydrogen) atoms. The van der Waals surface area contributed by atoms with Crippen molar-refractivity contribution in [2.45, 2.75) is 64.6 Å². The summed E-state index contributed by atoms with van der Waals surface area (Å²) in [7, 11) is 3.30. The van der Waals surface area contributed by atoms with Gasteiger partial charge in [0.1, 0.15) is 28.1 Å². The zero-order valence-corrected chi connectivity index (χ0v) is 19.9. The Bertz CT molecular complexity index is 1270. The fraction of sp³-hybridized carbons (Fsp3) is 0.577. The van der Waals surface area contributed by atoms with E-state index in [0.717, 1.165) is 17.6 Å². The SMILES string of the molecule is CO[C@H]1O[C@H](OC)[C@@]2(C)CC(C)(C)[C@@]34Oc5c(c(=O)oc6cccc(O)c56)[C@@H]3C[C@@H](C)C1=C24. The second-order valence-electron chi connectivity index (χ2n) is 10.9. The summed E-state index contributed by atoms with van der Waals surface area (Å²) in [5.41, 5.74) is 1.03. The van der Waals surface area contributed by atoms with Crippen molar-refractivity contribution in [2.75, 3.05) is 14.2 Å². The summed E-state index contributed by atoms with van der Waals surface area (Å²) in [6.45, 7) is 8.69. The molecule has 0 unspecified atom stereocenters. The molecule has 0 bridgehead atoms. The van der Waals surface area contributed by atoms with E-state index in [1.165, 1.54) is 0 Å². The highest BCUT2D eigenvalue weighted by atomic mass is 16.8. The fourth-order valence-corrected chi connectivity index (χ4v) is 7.73. The van der Waals surface area contributed by atoms with E-state index in [1.807, 2.05) is 0 Å². The van der Waals surface area contributed by atoms with Crippen LogP contribution in [0.4, 0.5) is 0 Å². The lowest BCUT2D eigenvalue weighted by Gasteiger charge is -2.52. The Morgan fingerprint density at radius 2 is 1.91 bits per heavy atom. The maximum atomic E-state index is 13.3. The highest BCUT2D eigenvalue weighted by Gasteiger charge is 2.75. The Kier molecular flexibility index (Phi) is 4.11. The molecule has 1 aromatic carbocycles. The molecule has 6 rings (SSSR count). The molecule has 2 aliphatic carbocycles. The van der Waals surface area contributed by atoms with E-state index < -0.39 is 29.2 Å². The van der Waals surface area contributed by atoms with Gasteiger partial charge in [0.05, 0.1) is 5.56 Å². The van der Waals surface area contributed by atoms with Crippen molar-refractivity contribution in [1.82, 2.24) is 0 Å². The Balaban J connectivity index is 1.72. The van der Waals surface area contributed by atoms with Crippen LogP contribution < -0.4 is 10.4 Å². The first kappa shape index (κ1) is 21.2. The Labute approximate surface area is 192 Å². The monoisotopic (exact) mass is 454 g/mol. The molecular formula is C26H30O7. The lowest BCUT2D eigenvalue weighted by Crippen LogP contribution is -2.56. The lowest BCUT2D eigenvalue weighted by molar-refractivity contribution is -0.263. The van der Waals surface area contributed by atoms with Crippen molar-refractivity contribution < 1.29 is 28.5 Å². The van der Waals surface area contributed by atoms with Gasteiger partial charge in [0.2, 0.25) is 0 Å². The third-order valence-corrected chi connectivity index (χ3v) is 8.62. The molecular weight excluding hydrogens is 424 g/mol. The molecule has 176 valence electrons. The number of phenolic OH excluding ortho intramolecular Hbond substituents is 1. The van der Waals surface area contributed by atoms with Gasteiger partial charge in [0.15, 0.2) is 12.6 Å². The van der Waals surface area contributed by atoms with Crippen molar-refractivity contribution >= 4 is 11.0 Å². The number of benzene rings is 1. The number of ether oxygens (including phenoxy) is 4. The maximum Gasteiger partial charge on any atom is 0.343 e. The molecule has 3 heterocycles. The number of hydrogen-bond donors (Lipinski definition) is 1. The number of hydrogen-bond acceptors (Lipinski definition) is 7. The van der Waals surface area contributed by atoms with E-state index in [9.17, 15) is 9.90 Å². The first-order valence-electron chi connectivity index (χ1n) is 11.5. The minimum Gasteiger partial charge on any atom is -0.507 e. The number of rotatable bonds is 2. The van der Waals surface area contributed by atoms with Gasteiger partial charge in [0.25, 0.3) is 0 Å². The van der Waals surface area contributed by atoms with Gasteiger partial charge in [-0.15, -0.1) is 0 Å². The van der Waals surface area contributed by atoms with Crippen molar-refractivity contribution in [3.63, 3.8) is 0 Å². The molecule has 0 amide bonds. The van der Waals surface area contributed by atoms with E-state index in [-0.39, 0.29) is 23.0 Å². The Hall–Kier alpha value is -2.35. The molecule has 0 radical (unpaired) electrons. The zero-order chi connectivity index (χ0) is 23.5. The van der Waals surface area contributed by atoms with E-state index in [0.29, 0.717) is 28.7 Å². The predicted molar refractivity (Wildman–Crippen MR) is 120 cm³/mol. The highest BCUT2D eigenvalue weighted by molar-refractivity contribution is 5.91. The second kappa shape index (κ2) is 6.40. The summed E-state index contributed by atoms with van der Waals surface area (Å²) in [6.07, 6.45) is 0.379. The average Bonchev–Trinajstić information content (AvgIpc) is 3.18. The number of methoxy groups -OCH3 is 2. The van der Waals surface area contributed by atoms with Gasteiger partial charge in [-0.05, 0) is 42.0 Å². The topological polar surface area (TPSA) is 87.4 Å². The largest absolute Gasteiger partial charge is 0.507 e. The maximum absolute atomic E-state index is 13.3. The molecule has 1 aromatic heterocycles. The summed E-state index contributed by atoms with van der Waals surface area (Å²) >= 11 is 0. The first-order valence-corrected chi connectivity index (χ1v) is 11.5. The minimum absolute atomic E-state index is 0.0416. The van der Waals surface area contributed by atoms with Crippen LogP contribution in [0.2, 0.25) is 0 Å². The third kappa shape index (κ3) is 2.28. The highest BCUT2D eigenvalue weighted by Crippen LogP contribution is 2.74. The van der Waals surface area contributed by atoms with E-state index in [2.05, 4.69) is 27.7 Å². The van der Waals surface area contributed by atoms with Crippen molar-refractivity contribution in [1.29, 1.82) is 0 Å². The van der Waals surface area contributed by atoms with Crippen molar-refractivity contribution in [2.24, 2.45) is 16.7 Å². The van der Waals surface area contributed by atoms with Gasteiger partial charge in [-0.3, -0.25) is 0 Å². The molecule has 2 aliphatic heterocycles. The number of aromatic hydroxyl groups is 1. The standard InChI is InChI=1S/C26H30O7/c1-12-10-13-17-19(18-14(27)8-7-9-15(18)31-21(17)28)33-26(13)20-16(12)22(29-5)32-23(30-6)25(20,4)11-24(26,2)3/h7-9,12-13,22-23,27H,10-11H2,1-6H3/t12-,13+,22+,23+,25+,26-/m1/s1. The van der Waals surface area contributed by atoms with Gasteiger partial charge < -0.3 is 28.5 Å². The van der Waals surface area contributed by atoms with Gasteiger partial charge in [-0.1, -0.05) is 33.8 Å². The van der Waals surface area contributed by atoms with Gasteiger partial charge >= 0.3 is 5.63 Å². The summed E-state index contributed by atoms with van der Waals surface area (Å²) in [6, 6.07) is 4.95. The van der Waals surface area contributed by atoms with Crippen molar-refractivity contribution in [3.05, 3.63) is 45.3 Å². The summed E-state index contributed by atoms with van der Waals surface area (Å²) in [5, 5.41) is 11.2. The fourth-order valence-electron chi connectivity index (χ4n) is 7.73. The molecule has 7 heteroatoms. The van der Waals surface area contributed by atoms with E-state index in [4.69, 9.17) is 23.4 Å². The van der Waals surface area contributed by atoms with Crippen LogP contribution in [0.15, 0.2) is 38.6 Å². The summed E-state index contributed by atoms with van der Waals surface area (Å²) < 4.78 is 30.7. The normalized spacial score (nSPS) is 38.1. The molecule has 7 nitrogen and oxygen atoms in total. The Morgan fingerprint density at radius 3 is 2.61 bits per heavy atom. The second-order valence-corrected chi connectivity index (χ2v) is 10.9. The van der Waals surface area contributed by atoms with E-state index in [1.54, 1.807) is 32.4 Å². The predicted octanol–water partition coefficient (Wildman–Crippen LogP) is 4.46. The average molecular weight is 455 g/mol. The molecule has 1 spiro atoms. The quantitative estimate of drug-likeness (QED) is 0.529. The molecule has 1 saturated carbocycles. The third-order valence-electron chi connectivity index (χ3n) is 8.62. The van der Waals surface area contributed by atoms with Gasteiger partial charge in [0, 0.05) is 31.0 Å². The van der Waals surface area contributed by atoms with Crippen LogP contribution in [-0.4, -0.2) is 37.5 Å². The van der Waals surface area contributed by atoms with Crippen LogP contribution in [-0.2, 0) is 14.2 Å². The molecule has 0 saturated heterocycles. The first-order chi connectivity index (χ1) is 15.6. The molecule has 4 aliphatic rings. The molecule has 1 N–H and O–H groups in total.